The van der Waals surface area contributed by atoms with E-state index in [9.17, 15) is 0 Å². The first-order valence-corrected chi connectivity index (χ1v) is 7.99. The maximum Gasteiger partial charge on any atom is 0.119 e. The standard InChI is InChI=1S/C18H27NO/c1-18(2,3)17-14-9-10-15(13-14)19(17)11-12-20-16-7-5-4-6-8-16/h4-8,14-15,17H,9-13H2,1-3H3. The van der Waals surface area contributed by atoms with Crippen LogP contribution < -0.4 is 4.74 Å². The predicted octanol–water partition coefficient (Wildman–Crippen LogP) is 3.96. The van der Waals surface area contributed by atoms with Gasteiger partial charge in [-0.05, 0) is 42.7 Å². The van der Waals surface area contributed by atoms with Gasteiger partial charge in [-0.1, -0.05) is 39.0 Å². The Labute approximate surface area is 123 Å². The third-order valence-electron chi connectivity index (χ3n) is 4.97. The van der Waals surface area contributed by atoms with Gasteiger partial charge in [0, 0.05) is 18.6 Å². The highest BCUT2D eigenvalue weighted by Gasteiger charge is 2.49. The van der Waals surface area contributed by atoms with Crippen LogP contribution in [0.3, 0.4) is 0 Å². The van der Waals surface area contributed by atoms with Crippen LogP contribution in [0, 0.1) is 11.3 Å². The first-order valence-electron chi connectivity index (χ1n) is 7.99. The number of benzene rings is 1. The molecule has 1 aliphatic heterocycles. The van der Waals surface area contributed by atoms with Gasteiger partial charge in [-0.2, -0.15) is 0 Å². The molecule has 2 nitrogen and oxygen atoms in total. The Balaban J connectivity index is 1.59. The molecule has 2 aliphatic rings. The molecular formula is C18H27NO. The van der Waals surface area contributed by atoms with Gasteiger partial charge in [-0.15, -0.1) is 0 Å². The number of hydrogen-bond donors (Lipinski definition) is 0. The van der Waals surface area contributed by atoms with Crippen molar-refractivity contribution in [3.8, 4) is 5.75 Å². The van der Waals surface area contributed by atoms with Crippen molar-refractivity contribution in [3.05, 3.63) is 30.3 Å². The lowest BCUT2D eigenvalue weighted by Crippen LogP contribution is -2.49. The normalized spacial score (nSPS) is 29.9. The topological polar surface area (TPSA) is 12.5 Å². The van der Waals surface area contributed by atoms with Crippen molar-refractivity contribution in [2.24, 2.45) is 11.3 Å². The van der Waals surface area contributed by atoms with Gasteiger partial charge in [0.1, 0.15) is 12.4 Å². The van der Waals surface area contributed by atoms with E-state index in [0.29, 0.717) is 5.41 Å². The minimum atomic E-state index is 0.382. The van der Waals surface area contributed by atoms with Crippen LogP contribution in [0.15, 0.2) is 30.3 Å². The first-order chi connectivity index (χ1) is 9.55. The highest BCUT2D eigenvalue weighted by molar-refractivity contribution is 5.20. The van der Waals surface area contributed by atoms with Gasteiger partial charge in [0.15, 0.2) is 0 Å². The molecule has 2 bridgehead atoms. The minimum absolute atomic E-state index is 0.382. The van der Waals surface area contributed by atoms with Crippen LogP contribution >= 0.6 is 0 Å². The average Bonchev–Trinajstić information content (AvgIpc) is 2.99. The number of hydrogen-bond acceptors (Lipinski definition) is 2. The number of nitrogens with zero attached hydrogens (tertiary/aromatic N) is 1. The smallest absolute Gasteiger partial charge is 0.119 e. The van der Waals surface area contributed by atoms with Gasteiger partial charge < -0.3 is 4.74 Å². The molecule has 0 aromatic heterocycles. The van der Waals surface area contributed by atoms with Crippen LogP contribution in [0.2, 0.25) is 0 Å². The van der Waals surface area contributed by atoms with E-state index in [1.807, 2.05) is 30.3 Å². The lowest BCUT2D eigenvalue weighted by atomic mass is 9.78. The highest BCUT2D eigenvalue weighted by Crippen LogP contribution is 2.48. The molecule has 1 aromatic rings. The Hall–Kier alpha value is -1.02. The number of para-hydroxylation sites is 1. The van der Waals surface area contributed by atoms with Crippen molar-refractivity contribution in [1.82, 2.24) is 4.90 Å². The Kier molecular flexibility index (Phi) is 3.76. The summed E-state index contributed by atoms with van der Waals surface area (Å²) in [5, 5.41) is 0. The summed E-state index contributed by atoms with van der Waals surface area (Å²) < 4.78 is 5.89. The Morgan fingerprint density at radius 1 is 1.15 bits per heavy atom. The van der Waals surface area contributed by atoms with Crippen LogP contribution in [-0.4, -0.2) is 30.1 Å². The number of ether oxygens (including phenoxy) is 1. The largest absolute Gasteiger partial charge is 0.492 e. The summed E-state index contributed by atoms with van der Waals surface area (Å²) in [6, 6.07) is 11.7. The quantitative estimate of drug-likeness (QED) is 0.823. The van der Waals surface area contributed by atoms with E-state index >= 15 is 0 Å². The van der Waals surface area contributed by atoms with Gasteiger partial charge >= 0.3 is 0 Å². The molecule has 1 aliphatic carbocycles. The first kappa shape index (κ1) is 13.9. The van der Waals surface area contributed by atoms with Crippen LogP contribution in [0.4, 0.5) is 0 Å². The fourth-order valence-corrected chi connectivity index (χ4v) is 4.39. The van der Waals surface area contributed by atoms with Crippen molar-refractivity contribution in [3.63, 3.8) is 0 Å². The second-order valence-electron chi connectivity index (χ2n) is 7.44. The SMILES string of the molecule is CC(C)(C)C1C2CCC(C2)N1CCOc1ccccc1. The maximum atomic E-state index is 5.89. The van der Waals surface area contributed by atoms with Crippen LogP contribution in [0.1, 0.15) is 40.0 Å². The Bertz CT molecular complexity index is 436. The lowest BCUT2D eigenvalue weighted by molar-refractivity contribution is 0.0465. The summed E-state index contributed by atoms with van der Waals surface area (Å²) in [6.07, 6.45) is 4.23. The van der Waals surface area contributed by atoms with Gasteiger partial charge in [0.05, 0.1) is 0 Å². The van der Waals surface area contributed by atoms with E-state index in [-0.39, 0.29) is 0 Å². The third kappa shape index (κ3) is 2.71. The van der Waals surface area contributed by atoms with Crippen molar-refractivity contribution >= 4 is 0 Å². The lowest BCUT2D eigenvalue weighted by Gasteiger charge is -2.43. The van der Waals surface area contributed by atoms with E-state index in [1.165, 1.54) is 19.3 Å². The summed E-state index contributed by atoms with van der Waals surface area (Å²) in [5.74, 6) is 1.90. The minimum Gasteiger partial charge on any atom is -0.492 e. The molecule has 2 heteroatoms. The van der Waals surface area contributed by atoms with Crippen molar-refractivity contribution in [2.45, 2.75) is 52.1 Å². The molecule has 1 saturated heterocycles. The van der Waals surface area contributed by atoms with Crippen molar-refractivity contribution in [2.75, 3.05) is 13.2 Å². The summed E-state index contributed by atoms with van der Waals surface area (Å²) in [7, 11) is 0. The fourth-order valence-electron chi connectivity index (χ4n) is 4.39. The van der Waals surface area contributed by atoms with Crippen LogP contribution in [0.5, 0.6) is 5.75 Å². The molecule has 1 aromatic carbocycles. The summed E-state index contributed by atoms with van der Waals surface area (Å²) in [4.78, 5) is 2.73. The number of rotatable bonds is 4. The summed E-state index contributed by atoms with van der Waals surface area (Å²) in [5.41, 5.74) is 0.382. The van der Waals surface area contributed by atoms with Crippen LogP contribution in [-0.2, 0) is 0 Å². The summed E-state index contributed by atoms with van der Waals surface area (Å²) >= 11 is 0. The zero-order chi connectivity index (χ0) is 14.2. The molecule has 2 fully saturated rings. The molecular weight excluding hydrogens is 246 g/mol. The third-order valence-corrected chi connectivity index (χ3v) is 4.97. The molecule has 1 saturated carbocycles. The highest BCUT2D eigenvalue weighted by atomic mass is 16.5. The zero-order valence-corrected chi connectivity index (χ0v) is 13.0. The monoisotopic (exact) mass is 273 g/mol. The van der Waals surface area contributed by atoms with E-state index in [1.54, 1.807) is 0 Å². The second-order valence-corrected chi connectivity index (χ2v) is 7.44. The van der Waals surface area contributed by atoms with Gasteiger partial charge in [0.25, 0.3) is 0 Å². The van der Waals surface area contributed by atoms with Gasteiger partial charge in [-0.25, -0.2) is 0 Å². The molecule has 3 atom stereocenters. The second kappa shape index (κ2) is 5.40. The number of fused-ring (bicyclic) bond motifs is 2. The molecule has 3 unspecified atom stereocenters. The molecule has 0 radical (unpaired) electrons. The summed E-state index contributed by atoms with van der Waals surface area (Å²) in [6.45, 7) is 9.05. The Morgan fingerprint density at radius 2 is 1.90 bits per heavy atom. The van der Waals surface area contributed by atoms with Crippen molar-refractivity contribution in [1.29, 1.82) is 0 Å². The average molecular weight is 273 g/mol. The Morgan fingerprint density at radius 3 is 2.60 bits per heavy atom. The molecule has 110 valence electrons. The molecule has 3 rings (SSSR count). The number of piperidine rings is 1. The zero-order valence-electron chi connectivity index (χ0n) is 13.0. The van der Waals surface area contributed by atoms with E-state index < -0.39 is 0 Å². The molecule has 20 heavy (non-hydrogen) atoms. The molecule has 0 amide bonds. The van der Waals surface area contributed by atoms with E-state index in [0.717, 1.165) is 36.9 Å². The van der Waals surface area contributed by atoms with E-state index in [4.69, 9.17) is 4.74 Å². The maximum absolute atomic E-state index is 5.89. The van der Waals surface area contributed by atoms with Crippen LogP contribution in [0.25, 0.3) is 0 Å². The van der Waals surface area contributed by atoms with Crippen molar-refractivity contribution < 1.29 is 4.74 Å². The van der Waals surface area contributed by atoms with Gasteiger partial charge in [0.2, 0.25) is 0 Å². The predicted molar refractivity (Wildman–Crippen MR) is 83.0 cm³/mol. The van der Waals surface area contributed by atoms with E-state index in [2.05, 4.69) is 25.7 Å². The molecule has 1 heterocycles. The fraction of sp³-hybridized carbons (Fsp3) is 0.667. The molecule has 0 spiro atoms. The molecule has 0 N–H and O–H groups in total. The van der Waals surface area contributed by atoms with Gasteiger partial charge in [-0.3, -0.25) is 4.90 Å². The number of likely N-dealkylation sites (tertiary alicyclic amines) is 1.